The van der Waals surface area contributed by atoms with Crippen LogP contribution in [-0.2, 0) is 9.59 Å². The van der Waals surface area contributed by atoms with Crippen LogP contribution in [0.4, 0.5) is 0 Å². The summed E-state index contributed by atoms with van der Waals surface area (Å²) >= 11 is 0. The standard InChI is InChI=1S/C28H38N4O6/c1-19(21-13-15-23(35-3)25(17-21)37-5)29-31-27(33)11-9-7-8-10-12-28(34)32-30-20(2)22-14-16-24(36-4)26(18-22)38-6/h13-18H,7-12H2,1-6H3,(H,31,33)(H,32,34)/b29-19+,30-20+. The molecule has 206 valence electrons. The quantitative estimate of drug-likeness (QED) is 0.201. The van der Waals surface area contributed by atoms with E-state index in [0.29, 0.717) is 47.3 Å². The molecule has 2 N–H and O–H groups in total. The van der Waals surface area contributed by atoms with Crippen LogP contribution in [0.3, 0.4) is 0 Å². The van der Waals surface area contributed by atoms with Gasteiger partial charge in [0.2, 0.25) is 11.8 Å². The number of unbranched alkanes of at least 4 members (excludes halogenated alkanes) is 3. The molecule has 2 aromatic carbocycles. The van der Waals surface area contributed by atoms with E-state index in [1.165, 1.54) is 0 Å². The van der Waals surface area contributed by atoms with E-state index in [1.54, 1.807) is 40.6 Å². The van der Waals surface area contributed by atoms with E-state index < -0.39 is 0 Å². The molecule has 0 atom stereocenters. The lowest BCUT2D eigenvalue weighted by molar-refractivity contribution is -0.122. The van der Waals surface area contributed by atoms with Gasteiger partial charge in [-0.15, -0.1) is 0 Å². The second-order valence-corrected chi connectivity index (χ2v) is 8.52. The Morgan fingerprint density at radius 1 is 0.605 bits per heavy atom. The van der Waals surface area contributed by atoms with Crippen LogP contribution in [0.1, 0.15) is 63.5 Å². The molecule has 0 saturated heterocycles. The van der Waals surface area contributed by atoms with Crippen molar-refractivity contribution in [3.63, 3.8) is 0 Å². The van der Waals surface area contributed by atoms with Crippen LogP contribution >= 0.6 is 0 Å². The number of hydrogen-bond donors (Lipinski definition) is 2. The Labute approximate surface area is 224 Å². The first-order valence-corrected chi connectivity index (χ1v) is 12.4. The molecule has 0 aliphatic carbocycles. The highest BCUT2D eigenvalue weighted by Gasteiger charge is 2.09. The monoisotopic (exact) mass is 526 g/mol. The second kappa shape index (κ2) is 15.9. The van der Waals surface area contributed by atoms with Crippen molar-refractivity contribution < 1.29 is 28.5 Å². The minimum Gasteiger partial charge on any atom is -0.493 e. The average molecular weight is 527 g/mol. The smallest absolute Gasteiger partial charge is 0.240 e. The second-order valence-electron chi connectivity index (χ2n) is 8.52. The summed E-state index contributed by atoms with van der Waals surface area (Å²) in [7, 11) is 6.29. The van der Waals surface area contributed by atoms with Crippen LogP contribution in [-0.4, -0.2) is 51.7 Å². The van der Waals surface area contributed by atoms with Crippen molar-refractivity contribution in [2.75, 3.05) is 28.4 Å². The van der Waals surface area contributed by atoms with Crippen molar-refractivity contribution in [2.45, 2.75) is 52.4 Å². The van der Waals surface area contributed by atoms with E-state index in [-0.39, 0.29) is 11.8 Å². The largest absolute Gasteiger partial charge is 0.493 e. The average Bonchev–Trinajstić information content (AvgIpc) is 2.95. The highest BCUT2D eigenvalue weighted by atomic mass is 16.5. The molecule has 10 nitrogen and oxygen atoms in total. The fourth-order valence-corrected chi connectivity index (χ4v) is 3.58. The topological polar surface area (TPSA) is 120 Å². The van der Waals surface area contributed by atoms with E-state index in [9.17, 15) is 9.59 Å². The molecule has 0 aromatic heterocycles. The number of carbonyl (C=O) groups excluding carboxylic acids is 2. The molecule has 0 aliphatic rings. The highest BCUT2D eigenvalue weighted by molar-refractivity contribution is 6.00. The lowest BCUT2D eigenvalue weighted by atomic mass is 10.1. The minimum absolute atomic E-state index is 0.150. The fraction of sp³-hybridized carbons (Fsp3) is 0.429. The number of benzene rings is 2. The lowest BCUT2D eigenvalue weighted by Gasteiger charge is -2.09. The molecular formula is C28H38N4O6. The third kappa shape index (κ3) is 9.42. The maximum atomic E-state index is 12.1. The number of nitrogens with zero attached hydrogens (tertiary/aromatic N) is 2. The summed E-state index contributed by atoms with van der Waals surface area (Å²) in [5.41, 5.74) is 8.16. The maximum Gasteiger partial charge on any atom is 0.240 e. The predicted octanol–water partition coefficient (Wildman–Crippen LogP) is 4.44. The molecule has 0 unspecified atom stereocenters. The van der Waals surface area contributed by atoms with Gasteiger partial charge in [-0.25, -0.2) is 10.9 Å². The van der Waals surface area contributed by atoms with Gasteiger partial charge < -0.3 is 18.9 Å². The van der Waals surface area contributed by atoms with Gasteiger partial charge in [-0.05, 0) is 63.1 Å². The summed E-state index contributed by atoms with van der Waals surface area (Å²) in [6, 6.07) is 10.9. The third-order valence-corrected chi connectivity index (χ3v) is 5.86. The summed E-state index contributed by atoms with van der Waals surface area (Å²) in [5.74, 6) is 2.15. The highest BCUT2D eigenvalue weighted by Crippen LogP contribution is 2.28. The van der Waals surface area contributed by atoms with Crippen LogP contribution < -0.4 is 29.8 Å². The Morgan fingerprint density at radius 3 is 1.32 bits per heavy atom. The van der Waals surface area contributed by atoms with Crippen LogP contribution in [0.25, 0.3) is 0 Å². The first-order chi connectivity index (χ1) is 18.3. The van der Waals surface area contributed by atoms with Gasteiger partial charge in [0.15, 0.2) is 23.0 Å². The van der Waals surface area contributed by atoms with Gasteiger partial charge >= 0.3 is 0 Å². The van der Waals surface area contributed by atoms with Crippen molar-refractivity contribution >= 4 is 23.2 Å². The Balaban J connectivity index is 1.66. The maximum absolute atomic E-state index is 12.1. The van der Waals surface area contributed by atoms with Gasteiger partial charge in [0.05, 0.1) is 39.9 Å². The van der Waals surface area contributed by atoms with Gasteiger partial charge in [-0.1, -0.05) is 12.8 Å². The van der Waals surface area contributed by atoms with Gasteiger partial charge in [-0.3, -0.25) is 9.59 Å². The molecule has 2 aromatic rings. The zero-order chi connectivity index (χ0) is 27.9. The van der Waals surface area contributed by atoms with E-state index >= 15 is 0 Å². The predicted molar refractivity (Wildman–Crippen MR) is 148 cm³/mol. The molecule has 0 spiro atoms. The Kier molecular flexibility index (Phi) is 12.6. The Morgan fingerprint density at radius 2 is 0.974 bits per heavy atom. The molecule has 0 bridgehead atoms. The summed E-state index contributed by atoms with van der Waals surface area (Å²) in [6.45, 7) is 3.62. The van der Waals surface area contributed by atoms with Crippen LogP contribution in [0.5, 0.6) is 23.0 Å². The molecule has 2 rings (SSSR count). The number of carbonyl (C=O) groups is 2. The van der Waals surface area contributed by atoms with Gasteiger partial charge in [-0.2, -0.15) is 10.2 Å². The number of amides is 2. The zero-order valence-electron chi connectivity index (χ0n) is 23.1. The Hall–Kier alpha value is -4.08. The van der Waals surface area contributed by atoms with E-state index in [2.05, 4.69) is 21.1 Å². The molecule has 0 aliphatic heterocycles. The Bertz CT molecular complexity index is 1060. The van der Waals surface area contributed by atoms with E-state index in [4.69, 9.17) is 18.9 Å². The third-order valence-electron chi connectivity index (χ3n) is 5.86. The van der Waals surface area contributed by atoms with Gasteiger partial charge in [0, 0.05) is 24.0 Å². The number of hydrogen-bond acceptors (Lipinski definition) is 8. The normalized spacial score (nSPS) is 11.5. The minimum atomic E-state index is -0.150. The van der Waals surface area contributed by atoms with Crippen molar-refractivity contribution in [1.29, 1.82) is 0 Å². The molecule has 0 radical (unpaired) electrons. The van der Waals surface area contributed by atoms with Crippen molar-refractivity contribution in [3.05, 3.63) is 47.5 Å². The summed E-state index contributed by atoms with van der Waals surface area (Å²) in [6.07, 6.45) is 3.84. The number of nitrogens with one attached hydrogen (secondary N) is 2. The van der Waals surface area contributed by atoms with Crippen LogP contribution in [0.2, 0.25) is 0 Å². The van der Waals surface area contributed by atoms with Crippen LogP contribution in [0.15, 0.2) is 46.6 Å². The first kappa shape index (κ1) is 30.1. The van der Waals surface area contributed by atoms with Gasteiger partial charge in [0.1, 0.15) is 0 Å². The molecule has 0 heterocycles. The molecule has 10 heteroatoms. The molecule has 2 amide bonds. The summed E-state index contributed by atoms with van der Waals surface area (Å²) < 4.78 is 21.1. The van der Waals surface area contributed by atoms with Crippen molar-refractivity contribution in [1.82, 2.24) is 10.9 Å². The van der Waals surface area contributed by atoms with Crippen molar-refractivity contribution in [3.8, 4) is 23.0 Å². The molecule has 38 heavy (non-hydrogen) atoms. The first-order valence-electron chi connectivity index (χ1n) is 12.4. The van der Waals surface area contributed by atoms with Gasteiger partial charge in [0.25, 0.3) is 0 Å². The van der Waals surface area contributed by atoms with E-state index in [0.717, 1.165) is 36.8 Å². The zero-order valence-corrected chi connectivity index (χ0v) is 23.1. The van der Waals surface area contributed by atoms with Crippen molar-refractivity contribution in [2.24, 2.45) is 10.2 Å². The summed E-state index contributed by atoms with van der Waals surface area (Å²) in [5, 5.41) is 8.36. The van der Waals surface area contributed by atoms with E-state index in [1.807, 2.05) is 38.1 Å². The number of ether oxygens (including phenoxy) is 4. The SMILES string of the molecule is COc1ccc(/C(C)=N/NC(=O)CCCCCCC(=O)N/N=C(\C)c2ccc(OC)c(OC)c2)cc1OC. The molecule has 0 fully saturated rings. The summed E-state index contributed by atoms with van der Waals surface area (Å²) in [4.78, 5) is 24.3. The number of methoxy groups -OCH3 is 4. The molecule has 0 saturated carbocycles. The fourth-order valence-electron chi connectivity index (χ4n) is 3.58. The number of rotatable bonds is 15. The molecular weight excluding hydrogens is 488 g/mol. The lowest BCUT2D eigenvalue weighted by Crippen LogP contribution is -2.19. The van der Waals surface area contributed by atoms with Crippen LogP contribution in [0, 0.1) is 0 Å². The number of hydrazone groups is 2.